The highest BCUT2D eigenvalue weighted by molar-refractivity contribution is 5.96. The molecule has 0 aromatic heterocycles. The third kappa shape index (κ3) is 3.36. The van der Waals surface area contributed by atoms with Crippen LogP contribution in [0.2, 0.25) is 0 Å². The SMILES string of the molecule is C#Cc1cc(C(=O)OCC)cc(C(=O)OCC)c1. The second-order valence-corrected chi connectivity index (χ2v) is 3.38. The largest absolute Gasteiger partial charge is 0.462 e. The van der Waals surface area contributed by atoms with E-state index in [1.54, 1.807) is 13.8 Å². The van der Waals surface area contributed by atoms with Crippen LogP contribution in [0.5, 0.6) is 0 Å². The van der Waals surface area contributed by atoms with Gasteiger partial charge < -0.3 is 9.47 Å². The molecule has 0 saturated heterocycles. The van der Waals surface area contributed by atoms with E-state index in [0.29, 0.717) is 5.56 Å². The van der Waals surface area contributed by atoms with Crippen molar-refractivity contribution in [2.24, 2.45) is 0 Å². The minimum absolute atomic E-state index is 0.246. The summed E-state index contributed by atoms with van der Waals surface area (Å²) in [6.07, 6.45) is 5.28. The first-order valence-corrected chi connectivity index (χ1v) is 5.58. The van der Waals surface area contributed by atoms with E-state index >= 15 is 0 Å². The smallest absolute Gasteiger partial charge is 0.338 e. The number of ether oxygens (including phenoxy) is 2. The molecule has 4 nitrogen and oxygen atoms in total. The minimum atomic E-state index is -0.514. The van der Waals surface area contributed by atoms with Crippen molar-refractivity contribution in [1.82, 2.24) is 0 Å². The number of rotatable bonds is 4. The zero-order valence-electron chi connectivity index (χ0n) is 10.4. The van der Waals surface area contributed by atoms with Crippen LogP contribution in [0.15, 0.2) is 18.2 Å². The Morgan fingerprint density at radius 2 is 1.50 bits per heavy atom. The van der Waals surface area contributed by atoms with Gasteiger partial charge >= 0.3 is 11.9 Å². The fourth-order valence-corrected chi connectivity index (χ4v) is 1.38. The van der Waals surface area contributed by atoms with E-state index in [1.807, 2.05) is 0 Å². The van der Waals surface area contributed by atoms with Crippen molar-refractivity contribution in [3.8, 4) is 12.3 Å². The van der Waals surface area contributed by atoms with Crippen molar-refractivity contribution in [2.45, 2.75) is 13.8 Å². The average molecular weight is 246 g/mol. The van der Waals surface area contributed by atoms with Crippen LogP contribution in [0.1, 0.15) is 40.1 Å². The summed E-state index contributed by atoms with van der Waals surface area (Å²) < 4.78 is 9.72. The summed E-state index contributed by atoms with van der Waals surface area (Å²) in [6.45, 7) is 3.92. The third-order valence-electron chi connectivity index (χ3n) is 2.12. The quantitative estimate of drug-likeness (QED) is 0.602. The fraction of sp³-hybridized carbons (Fsp3) is 0.286. The molecular formula is C14H14O4. The van der Waals surface area contributed by atoms with Gasteiger partial charge in [0.15, 0.2) is 0 Å². The van der Waals surface area contributed by atoms with E-state index in [-0.39, 0.29) is 24.3 Å². The molecule has 0 heterocycles. The number of terminal acetylenes is 1. The molecule has 0 spiro atoms. The molecule has 0 bridgehead atoms. The molecule has 0 aliphatic heterocycles. The molecule has 0 unspecified atom stereocenters. The molecule has 94 valence electrons. The molecule has 0 aliphatic rings. The lowest BCUT2D eigenvalue weighted by Crippen LogP contribution is -2.09. The van der Waals surface area contributed by atoms with Crippen molar-refractivity contribution in [1.29, 1.82) is 0 Å². The first-order valence-electron chi connectivity index (χ1n) is 5.58. The van der Waals surface area contributed by atoms with Crippen LogP contribution in [0.4, 0.5) is 0 Å². The Bertz CT molecular complexity index is 461. The predicted molar refractivity (Wildman–Crippen MR) is 66.3 cm³/mol. The van der Waals surface area contributed by atoms with E-state index < -0.39 is 11.9 Å². The van der Waals surface area contributed by atoms with Crippen LogP contribution in [0, 0.1) is 12.3 Å². The second-order valence-electron chi connectivity index (χ2n) is 3.38. The van der Waals surface area contributed by atoms with Crippen molar-refractivity contribution in [3.05, 3.63) is 34.9 Å². The molecule has 0 fully saturated rings. The number of benzene rings is 1. The normalized spacial score (nSPS) is 9.39. The van der Waals surface area contributed by atoms with Gasteiger partial charge in [-0.3, -0.25) is 0 Å². The zero-order chi connectivity index (χ0) is 13.5. The molecule has 0 amide bonds. The average Bonchev–Trinajstić information content (AvgIpc) is 2.38. The van der Waals surface area contributed by atoms with Crippen LogP contribution in [0.25, 0.3) is 0 Å². The maximum absolute atomic E-state index is 11.6. The Labute approximate surface area is 106 Å². The van der Waals surface area contributed by atoms with Gasteiger partial charge in [-0.2, -0.15) is 0 Å². The Balaban J connectivity index is 3.14. The molecule has 0 saturated carbocycles. The summed E-state index contributed by atoms with van der Waals surface area (Å²) in [7, 11) is 0. The van der Waals surface area contributed by atoms with Gasteiger partial charge in [0.25, 0.3) is 0 Å². The van der Waals surface area contributed by atoms with E-state index in [4.69, 9.17) is 15.9 Å². The standard InChI is InChI=1S/C14H14O4/c1-4-10-7-11(13(15)17-5-2)9-12(8-10)14(16)18-6-3/h1,7-9H,5-6H2,2-3H3. The highest BCUT2D eigenvalue weighted by Crippen LogP contribution is 2.12. The molecule has 1 aromatic rings. The maximum atomic E-state index is 11.6. The van der Waals surface area contributed by atoms with Gasteiger partial charge in [0.05, 0.1) is 24.3 Å². The van der Waals surface area contributed by atoms with Gasteiger partial charge in [-0.05, 0) is 32.0 Å². The second kappa shape index (κ2) is 6.45. The summed E-state index contributed by atoms with van der Waals surface area (Å²) in [5.41, 5.74) is 0.925. The van der Waals surface area contributed by atoms with Crippen LogP contribution < -0.4 is 0 Å². The van der Waals surface area contributed by atoms with Crippen LogP contribution in [-0.4, -0.2) is 25.2 Å². The lowest BCUT2D eigenvalue weighted by Gasteiger charge is -2.06. The molecule has 0 atom stereocenters. The summed E-state index contributed by atoms with van der Waals surface area (Å²) in [5, 5.41) is 0. The topological polar surface area (TPSA) is 52.6 Å². The Hall–Kier alpha value is -2.28. The van der Waals surface area contributed by atoms with Gasteiger partial charge in [0, 0.05) is 5.56 Å². The van der Waals surface area contributed by atoms with Crippen LogP contribution in [0.3, 0.4) is 0 Å². The molecule has 18 heavy (non-hydrogen) atoms. The molecule has 4 heteroatoms. The predicted octanol–water partition coefficient (Wildman–Crippen LogP) is 2.02. The van der Waals surface area contributed by atoms with E-state index in [9.17, 15) is 9.59 Å². The molecule has 0 aliphatic carbocycles. The minimum Gasteiger partial charge on any atom is -0.462 e. The van der Waals surface area contributed by atoms with Crippen molar-refractivity contribution < 1.29 is 19.1 Å². The number of hydrogen-bond donors (Lipinski definition) is 0. The van der Waals surface area contributed by atoms with Crippen molar-refractivity contribution in [2.75, 3.05) is 13.2 Å². The van der Waals surface area contributed by atoms with Crippen LogP contribution >= 0.6 is 0 Å². The summed E-state index contributed by atoms with van der Waals surface area (Å²) in [6, 6.07) is 4.41. The van der Waals surface area contributed by atoms with Gasteiger partial charge in [-0.25, -0.2) is 9.59 Å². The lowest BCUT2D eigenvalue weighted by atomic mass is 10.1. The van der Waals surface area contributed by atoms with Crippen molar-refractivity contribution in [3.63, 3.8) is 0 Å². The van der Waals surface area contributed by atoms with E-state index in [0.717, 1.165) is 0 Å². The number of carbonyl (C=O) groups is 2. The molecule has 0 N–H and O–H groups in total. The Morgan fingerprint density at radius 3 is 1.83 bits per heavy atom. The van der Waals surface area contributed by atoms with E-state index in [2.05, 4.69) is 5.92 Å². The molecule has 0 radical (unpaired) electrons. The van der Waals surface area contributed by atoms with Crippen molar-refractivity contribution >= 4 is 11.9 Å². The number of hydrogen-bond acceptors (Lipinski definition) is 4. The molecule has 1 aromatic carbocycles. The van der Waals surface area contributed by atoms with Gasteiger partial charge in [-0.1, -0.05) is 5.92 Å². The number of esters is 2. The monoisotopic (exact) mass is 246 g/mol. The van der Waals surface area contributed by atoms with Gasteiger partial charge in [0.1, 0.15) is 0 Å². The highest BCUT2D eigenvalue weighted by Gasteiger charge is 2.13. The summed E-state index contributed by atoms with van der Waals surface area (Å²) in [5.74, 6) is 1.36. The van der Waals surface area contributed by atoms with Gasteiger partial charge in [0.2, 0.25) is 0 Å². The first-order chi connectivity index (χ1) is 8.62. The Morgan fingerprint density at radius 1 is 1.06 bits per heavy atom. The fourth-order valence-electron chi connectivity index (χ4n) is 1.38. The summed E-state index contributed by atoms with van der Waals surface area (Å²) >= 11 is 0. The van der Waals surface area contributed by atoms with E-state index in [1.165, 1.54) is 18.2 Å². The molecule has 1 rings (SSSR count). The summed E-state index contributed by atoms with van der Waals surface area (Å²) in [4.78, 5) is 23.2. The van der Waals surface area contributed by atoms with Crippen LogP contribution in [-0.2, 0) is 9.47 Å². The first kappa shape index (κ1) is 13.8. The van der Waals surface area contributed by atoms with Gasteiger partial charge in [-0.15, -0.1) is 6.42 Å². The Kier molecular flexibility index (Phi) is 4.94. The highest BCUT2D eigenvalue weighted by atomic mass is 16.5. The zero-order valence-corrected chi connectivity index (χ0v) is 10.4. The lowest BCUT2D eigenvalue weighted by molar-refractivity contribution is 0.0525. The maximum Gasteiger partial charge on any atom is 0.338 e. The molecular weight excluding hydrogens is 232 g/mol. The number of carbonyl (C=O) groups excluding carboxylic acids is 2. The third-order valence-corrected chi connectivity index (χ3v) is 2.12.